The highest BCUT2D eigenvalue weighted by Gasteiger charge is 2.41. The molecular formula is C27H24N6O3. The number of amides is 1. The van der Waals surface area contributed by atoms with E-state index in [1.165, 1.54) is 5.56 Å². The Bertz CT molecular complexity index is 1410. The van der Waals surface area contributed by atoms with E-state index in [1.807, 2.05) is 61.5 Å². The maximum absolute atomic E-state index is 11.6. The van der Waals surface area contributed by atoms with Gasteiger partial charge < -0.3 is 25.4 Å². The van der Waals surface area contributed by atoms with Gasteiger partial charge in [0.1, 0.15) is 24.3 Å². The Morgan fingerprint density at radius 3 is 2.75 bits per heavy atom. The smallest absolute Gasteiger partial charge is 0.408 e. The maximum atomic E-state index is 11.6. The normalized spacial score (nSPS) is 17.5. The molecule has 0 spiro atoms. The zero-order valence-electron chi connectivity index (χ0n) is 19.6. The number of hydrogen-bond acceptors (Lipinski definition) is 8. The highest BCUT2D eigenvalue weighted by atomic mass is 16.6. The van der Waals surface area contributed by atoms with Gasteiger partial charge in [-0.2, -0.15) is 4.98 Å². The van der Waals surface area contributed by atoms with Crippen molar-refractivity contribution < 1.29 is 14.3 Å². The molecule has 2 aromatic carbocycles. The van der Waals surface area contributed by atoms with E-state index in [0.29, 0.717) is 18.4 Å². The maximum Gasteiger partial charge on any atom is 0.408 e. The molecule has 9 nitrogen and oxygen atoms in total. The molecule has 9 heteroatoms. The van der Waals surface area contributed by atoms with Gasteiger partial charge in [-0.25, -0.2) is 9.78 Å². The minimum Gasteiger partial charge on any atom is -0.487 e. The lowest BCUT2D eigenvalue weighted by atomic mass is 10.1. The average Bonchev–Trinajstić information content (AvgIpc) is 3.42. The summed E-state index contributed by atoms with van der Waals surface area (Å²) < 4.78 is 11.2. The van der Waals surface area contributed by atoms with E-state index < -0.39 is 0 Å². The second-order valence-corrected chi connectivity index (χ2v) is 8.79. The Morgan fingerprint density at radius 1 is 1.06 bits per heavy atom. The SMILES string of the molecule is Cc1cnc(Nc2ccc3c(c2)[C@@H]2NC(=O)O[C@@H]2C3)nc1Nc1ccc(OCc2ccccn2)cc1. The number of ether oxygens (including phenoxy) is 2. The first-order valence-corrected chi connectivity index (χ1v) is 11.7. The van der Waals surface area contributed by atoms with E-state index >= 15 is 0 Å². The number of benzene rings is 2. The Balaban J connectivity index is 1.13. The van der Waals surface area contributed by atoms with Crippen molar-refractivity contribution in [2.24, 2.45) is 0 Å². The van der Waals surface area contributed by atoms with Crippen LogP contribution in [-0.2, 0) is 17.8 Å². The highest BCUT2D eigenvalue weighted by Crippen LogP contribution is 2.38. The van der Waals surface area contributed by atoms with Gasteiger partial charge in [0.2, 0.25) is 5.95 Å². The Morgan fingerprint density at radius 2 is 1.92 bits per heavy atom. The minimum atomic E-state index is -0.362. The standard InChI is InChI=1S/C27H24N6O3/c1-16-14-29-26(31-19-6-5-17-12-23-24(22(17)13-19)32-27(34)36-23)33-25(16)30-18-7-9-21(10-8-18)35-15-20-4-2-3-11-28-20/h2-11,13-14,23-24H,12,15H2,1H3,(H,32,34)(H2,29,30,31,33)/t23-,24+/m1/s1. The van der Waals surface area contributed by atoms with E-state index in [-0.39, 0.29) is 18.2 Å². The summed E-state index contributed by atoms with van der Waals surface area (Å²) in [5, 5.41) is 9.52. The summed E-state index contributed by atoms with van der Waals surface area (Å²) in [5.74, 6) is 1.93. The molecule has 1 amide bonds. The number of alkyl carbamates (subject to hydrolysis) is 1. The molecule has 3 heterocycles. The third-order valence-corrected chi connectivity index (χ3v) is 6.26. The van der Waals surface area contributed by atoms with Crippen LogP contribution in [0.1, 0.15) is 28.4 Å². The Labute approximate surface area is 207 Å². The molecule has 2 atom stereocenters. The average molecular weight is 481 g/mol. The lowest BCUT2D eigenvalue weighted by molar-refractivity contribution is 0.136. The predicted molar refractivity (Wildman–Crippen MR) is 135 cm³/mol. The summed E-state index contributed by atoms with van der Waals surface area (Å²) in [4.78, 5) is 25.0. The number of aromatic nitrogens is 3. The molecule has 36 heavy (non-hydrogen) atoms. The fourth-order valence-corrected chi connectivity index (χ4v) is 4.43. The number of carbonyl (C=O) groups excluding carboxylic acids is 1. The van der Waals surface area contributed by atoms with Gasteiger partial charge in [0.25, 0.3) is 0 Å². The molecule has 1 aliphatic heterocycles. The summed E-state index contributed by atoms with van der Waals surface area (Å²) in [6.07, 6.45) is 3.75. The van der Waals surface area contributed by atoms with Gasteiger partial charge in [0.15, 0.2) is 0 Å². The van der Waals surface area contributed by atoms with Crippen molar-refractivity contribution in [1.82, 2.24) is 20.3 Å². The fraction of sp³-hybridized carbons (Fsp3) is 0.185. The number of carbonyl (C=O) groups is 1. The van der Waals surface area contributed by atoms with Gasteiger partial charge in [-0.3, -0.25) is 4.98 Å². The molecule has 0 unspecified atom stereocenters. The van der Waals surface area contributed by atoms with Crippen LogP contribution in [0.2, 0.25) is 0 Å². The molecule has 4 aromatic rings. The van der Waals surface area contributed by atoms with E-state index in [4.69, 9.17) is 9.47 Å². The molecule has 1 aliphatic carbocycles. The lowest BCUT2D eigenvalue weighted by Crippen LogP contribution is -2.18. The molecule has 3 N–H and O–H groups in total. The third kappa shape index (κ3) is 4.50. The van der Waals surface area contributed by atoms with Crippen molar-refractivity contribution >= 4 is 29.2 Å². The number of fused-ring (bicyclic) bond motifs is 3. The van der Waals surface area contributed by atoms with Crippen molar-refractivity contribution in [2.45, 2.75) is 32.1 Å². The zero-order chi connectivity index (χ0) is 24.5. The topological polar surface area (TPSA) is 110 Å². The molecule has 2 aliphatic rings. The summed E-state index contributed by atoms with van der Waals surface area (Å²) in [5.41, 5.74) is 5.76. The number of nitrogens with zero attached hydrogens (tertiary/aromatic N) is 3. The monoisotopic (exact) mass is 480 g/mol. The molecule has 180 valence electrons. The van der Waals surface area contributed by atoms with Crippen LogP contribution in [0.15, 0.2) is 73.1 Å². The minimum absolute atomic E-state index is 0.110. The van der Waals surface area contributed by atoms with Gasteiger partial charge >= 0.3 is 6.09 Å². The molecule has 6 rings (SSSR count). The van der Waals surface area contributed by atoms with E-state index in [1.54, 1.807) is 12.4 Å². The van der Waals surface area contributed by atoms with Crippen molar-refractivity contribution in [2.75, 3.05) is 10.6 Å². The molecule has 1 fully saturated rings. The van der Waals surface area contributed by atoms with Crippen LogP contribution >= 0.6 is 0 Å². The molecular weight excluding hydrogens is 456 g/mol. The molecule has 0 radical (unpaired) electrons. The van der Waals surface area contributed by atoms with Gasteiger partial charge in [0.05, 0.1) is 11.7 Å². The summed E-state index contributed by atoms with van der Waals surface area (Å²) in [7, 11) is 0. The van der Waals surface area contributed by atoms with Crippen LogP contribution < -0.4 is 20.7 Å². The second-order valence-electron chi connectivity index (χ2n) is 8.79. The Kier molecular flexibility index (Phi) is 5.57. The predicted octanol–water partition coefficient (Wildman–Crippen LogP) is 4.95. The van der Waals surface area contributed by atoms with Crippen molar-refractivity contribution in [3.63, 3.8) is 0 Å². The largest absolute Gasteiger partial charge is 0.487 e. The van der Waals surface area contributed by atoms with Crippen molar-refractivity contribution in [1.29, 1.82) is 0 Å². The molecule has 2 aromatic heterocycles. The van der Waals surface area contributed by atoms with Gasteiger partial charge in [-0.15, -0.1) is 0 Å². The van der Waals surface area contributed by atoms with E-state index in [2.05, 4.69) is 37.0 Å². The zero-order valence-corrected chi connectivity index (χ0v) is 19.6. The second kappa shape index (κ2) is 9.18. The third-order valence-electron chi connectivity index (χ3n) is 6.26. The van der Waals surface area contributed by atoms with Crippen LogP contribution in [0.4, 0.5) is 27.9 Å². The number of anilines is 4. The van der Waals surface area contributed by atoms with E-state index in [9.17, 15) is 4.79 Å². The van der Waals surface area contributed by atoms with Gasteiger partial charge in [0, 0.05) is 35.8 Å². The summed E-state index contributed by atoms with van der Waals surface area (Å²) in [6.45, 7) is 2.37. The number of hydrogen-bond donors (Lipinski definition) is 3. The van der Waals surface area contributed by atoms with Gasteiger partial charge in [-0.05, 0) is 66.6 Å². The number of nitrogens with one attached hydrogen (secondary N) is 3. The first-order chi connectivity index (χ1) is 17.6. The van der Waals surface area contributed by atoms with Crippen molar-refractivity contribution in [3.05, 3.63) is 95.4 Å². The summed E-state index contributed by atoms with van der Waals surface area (Å²) >= 11 is 0. The van der Waals surface area contributed by atoms with Crippen LogP contribution in [0, 0.1) is 6.92 Å². The lowest BCUT2D eigenvalue weighted by Gasteiger charge is -2.13. The first-order valence-electron chi connectivity index (χ1n) is 11.7. The fourth-order valence-electron chi connectivity index (χ4n) is 4.43. The molecule has 1 saturated heterocycles. The van der Waals surface area contributed by atoms with Crippen LogP contribution in [-0.4, -0.2) is 27.1 Å². The van der Waals surface area contributed by atoms with E-state index in [0.717, 1.165) is 40.4 Å². The van der Waals surface area contributed by atoms with Crippen LogP contribution in [0.3, 0.4) is 0 Å². The molecule has 0 bridgehead atoms. The number of aryl methyl sites for hydroxylation is 1. The van der Waals surface area contributed by atoms with Gasteiger partial charge in [-0.1, -0.05) is 12.1 Å². The van der Waals surface area contributed by atoms with Crippen molar-refractivity contribution in [3.8, 4) is 5.75 Å². The van der Waals surface area contributed by atoms with Crippen LogP contribution in [0.5, 0.6) is 5.75 Å². The summed E-state index contributed by atoms with van der Waals surface area (Å²) in [6, 6.07) is 19.4. The number of pyridine rings is 1. The highest BCUT2D eigenvalue weighted by molar-refractivity contribution is 5.72. The van der Waals surface area contributed by atoms with Crippen LogP contribution in [0.25, 0.3) is 0 Å². The number of rotatable bonds is 7. The molecule has 0 saturated carbocycles. The Hall–Kier alpha value is -4.66. The quantitative estimate of drug-likeness (QED) is 0.341. The first kappa shape index (κ1) is 21.8.